The van der Waals surface area contributed by atoms with Gasteiger partial charge in [0.1, 0.15) is 4.75 Å². The highest BCUT2D eigenvalue weighted by molar-refractivity contribution is 8.02. The van der Waals surface area contributed by atoms with Crippen LogP contribution in [0.3, 0.4) is 0 Å². The lowest BCUT2D eigenvalue weighted by atomic mass is 10.0. The standard InChI is InChI=1S/C23H32ClN3O2S2/c1-4-5-6-7-8-12-27(19-10-9-17(15-25)20(24)14-19)13-11-18-16-30-22(26-18)31-23(2,3)21(28)29/h9-10,16,20H,4-8,11-14H2,1-3H3,(H,28,29). The highest BCUT2D eigenvalue weighted by atomic mass is 35.5. The van der Waals surface area contributed by atoms with E-state index in [9.17, 15) is 15.2 Å². The van der Waals surface area contributed by atoms with Crippen LogP contribution in [-0.4, -0.2) is 44.2 Å². The average Bonchev–Trinajstić information content (AvgIpc) is 3.16. The predicted octanol–water partition coefficient (Wildman–Crippen LogP) is 6.26. The molecule has 0 radical (unpaired) electrons. The molecule has 5 nitrogen and oxygen atoms in total. The Morgan fingerprint density at radius 2 is 2.10 bits per heavy atom. The molecule has 1 aliphatic rings. The van der Waals surface area contributed by atoms with Gasteiger partial charge in [-0.05, 0) is 32.4 Å². The van der Waals surface area contributed by atoms with Crippen LogP contribution in [0.2, 0.25) is 0 Å². The molecule has 8 heteroatoms. The van der Waals surface area contributed by atoms with Gasteiger partial charge in [0.2, 0.25) is 0 Å². The molecule has 1 N–H and O–H groups in total. The van der Waals surface area contributed by atoms with E-state index in [1.807, 2.05) is 17.5 Å². The molecule has 0 fully saturated rings. The SMILES string of the molecule is CCCCCCCN(CCc1csc(SC(C)(C)C(=O)O)n1)C1=CC=C(C#N)C(Cl)C1. The van der Waals surface area contributed by atoms with E-state index in [2.05, 4.69) is 22.9 Å². The first-order valence-electron chi connectivity index (χ1n) is 10.8. The molecule has 1 heterocycles. The summed E-state index contributed by atoms with van der Waals surface area (Å²) < 4.78 is -0.111. The number of nitrogens with zero attached hydrogens (tertiary/aromatic N) is 3. The lowest BCUT2D eigenvalue weighted by molar-refractivity contribution is -0.138. The van der Waals surface area contributed by atoms with Crippen LogP contribution in [0.5, 0.6) is 0 Å². The Morgan fingerprint density at radius 3 is 2.74 bits per heavy atom. The summed E-state index contributed by atoms with van der Waals surface area (Å²) in [6.07, 6.45) is 11.4. The number of hydrogen-bond donors (Lipinski definition) is 1. The zero-order valence-corrected chi connectivity index (χ0v) is 21.0. The van der Waals surface area contributed by atoms with E-state index in [4.69, 9.17) is 11.6 Å². The average molecular weight is 482 g/mol. The Morgan fingerprint density at radius 1 is 1.35 bits per heavy atom. The third-order valence-corrected chi connectivity index (χ3v) is 7.84. The van der Waals surface area contributed by atoms with Gasteiger partial charge in [-0.1, -0.05) is 44.4 Å². The molecular weight excluding hydrogens is 450 g/mol. The van der Waals surface area contributed by atoms with Crippen molar-refractivity contribution < 1.29 is 9.90 Å². The van der Waals surface area contributed by atoms with Crippen molar-refractivity contribution in [1.82, 2.24) is 9.88 Å². The summed E-state index contributed by atoms with van der Waals surface area (Å²) in [5, 5.41) is 20.3. The lowest BCUT2D eigenvalue weighted by Crippen LogP contribution is -2.29. The maximum atomic E-state index is 11.4. The quantitative estimate of drug-likeness (QED) is 0.203. The molecule has 0 saturated heterocycles. The molecule has 1 atom stereocenters. The Bertz CT molecular complexity index is 842. The van der Waals surface area contributed by atoms with Crippen molar-refractivity contribution in [2.45, 2.75) is 80.2 Å². The molecule has 1 aromatic heterocycles. The predicted molar refractivity (Wildman–Crippen MR) is 130 cm³/mol. The van der Waals surface area contributed by atoms with Crippen molar-refractivity contribution in [3.8, 4) is 6.07 Å². The van der Waals surface area contributed by atoms with Crippen LogP contribution >= 0.6 is 34.7 Å². The summed E-state index contributed by atoms with van der Waals surface area (Å²) in [7, 11) is 0. The zero-order valence-electron chi connectivity index (χ0n) is 18.6. The van der Waals surface area contributed by atoms with Gasteiger partial charge in [0.25, 0.3) is 0 Å². The van der Waals surface area contributed by atoms with Crippen molar-refractivity contribution in [3.63, 3.8) is 0 Å². The van der Waals surface area contributed by atoms with Crippen molar-refractivity contribution in [2.24, 2.45) is 0 Å². The molecule has 31 heavy (non-hydrogen) atoms. The molecule has 0 aliphatic heterocycles. The van der Waals surface area contributed by atoms with Crippen LogP contribution in [0.4, 0.5) is 0 Å². The number of aliphatic carboxylic acids is 1. The van der Waals surface area contributed by atoms with Crippen molar-refractivity contribution in [3.05, 3.63) is 34.5 Å². The molecule has 0 amide bonds. The molecule has 2 rings (SSSR count). The Kier molecular flexibility index (Phi) is 10.4. The van der Waals surface area contributed by atoms with E-state index in [0.717, 1.165) is 36.0 Å². The minimum absolute atomic E-state index is 0.270. The minimum atomic E-state index is -0.896. The number of hydrogen-bond acceptors (Lipinski definition) is 6. The lowest BCUT2D eigenvalue weighted by Gasteiger charge is -2.30. The largest absolute Gasteiger partial charge is 0.480 e. The number of halogens is 1. The van der Waals surface area contributed by atoms with Gasteiger partial charge in [0.05, 0.1) is 17.1 Å². The smallest absolute Gasteiger partial charge is 0.319 e. The van der Waals surface area contributed by atoms with E-state index in [-0.39, 0.29) is 5.38 Å². The fourth-order valence-electron chi connectivity index (χ4n) is 3.26. The van der Waals surface area contributed by atoms with E-state index in [1.54, 1.807) is 13.8 Å². The number of nitriles is 1. The number of carboxylic acid groups (broad SMARTS) is 1. The Labute approximate surface area is 199 Å². The van der Waals surface area contributed by atoms with Crippen LogP contribution < -0.4 is 0 Å². The molecule has 1 aromatic rings. The fourth-order valence-corrected chi connectivity index (χ4v) is 5.77. The summed E-state index contributed by atoms with van der Waals surface area (Å²) in [5.74, 6) is -0.840. The van der Waals surface area contributed by atoms with E-state index in [1.165, 1.54) is 54.5 Å². The second kappa shape index (κ2) is 12.5. The number of aromatic nitrogens is 1. The number of allylic oxidation sites excluding steroid dienone is 4. The van der Waals surface area contributed by atoms with Gasteiger partial charge < -0.3 is 10.0 Å². The normalized spacial score (nSPS) is 16.4. The van der Waals surface area contributed by atoms with Gasteiger partial charge in [-0.2, -0.15) is 5.26 Å². The van der Waals surface area contributed by atoms with Crippen LogP contribution in [0.1, 0.15) is 65.0 Å². The van der Waals surface area contributed by atoms with Crippen LogP contribution in [-0.2, 0) is 11.2 Å². The summed E-state index contributed by atoms with van der Waals surface area (Å²) in [5.41, 5.74) is 2.78. The van der Waals surface area contributed by atoms with Crippen molar-refractivity contribution in [2.75, 3.05) is 13.1 Å². The van der Waals surface area contributed by atoms with Crippen LogP contribution in [0, 0.1) is 11.3 Å². The number of alkyl halides is 1. The number of rotatable bonds is 13. The van der Waals surface area contributed by atoms with Gasteiger partial charge >= 0.3 is 5.97 Å². The van der Waals surface area contributed by atoms with Crippen molar-refractivity contribution in [1.29, 1.82) is 5.26 Å². The Hall–Kier alpha value is -1.49. The number of unbranched alkanes of at least 4 members (excludes halogenated alkanes) is 4. The number of thioether (sulfide) groups is 1. The monoisotopic (exact) mass is 481 g/mol. The first-order valence-corrected chi connectivity index (χ1v) is 13.0. The first-order chi connectivity index (χ1) is 14.8. The highest BCUT2D eigenvalue weighted by Gasteiger charge is 2.30. The topological polar surface area (TPSA) is 77.2 Å². The zero-order chi connectivity index (χ0) is 22.9. The second-order valence-corrected chi connectivity index (χ2v) is 11.5. The number of carboxylic acids is 1. The van der Waals surface area contributed by atoms with Gasteiger partial charge in [0, 0.05) is 42.6 Å². The van der Waals surface area contributed by atoms with Crippen molar-refractivity contribution >= 4 is 40.7 Å². The van der Waals surface area contributed by atoms with Crippen LogP contribution in [0.15, 0.2) is 33.1 Å². The highest BCUT2D eigenvalue weighted by Crippen LogP contribution is 2.35. The third kappa shape index (κ3) is 8.17. The molecule has 1 unspecified atom stereocenters. The van der Waals surface area contributed by atoms with E-state index >= 15 is 0 Å². The molecule has 0 saturated carbocycles. The van der Waals surface area contributed by atoms with Gasteiger partial charge in [-0.15, -0.1) is 22.9 Å². The molecule has 0 spiro atoms. The summed E-state index contributed by atoms with van der Waals surface area (Å²) in [4.78, 5) is 18.4. The summed E-state index contributed by atoms with van der Waals surface area (Å²) in [6.45, 7) is 7.41. The van der Waals surface area contributed by atoms with Gasteiger partial charge in [0.15, 0.2) is 4.34 Å². The summed E-state index contributed by atoms with van der Waals surface area (Å²) in [6, 6.07) is 2.18. The van der Waals surface area contributed by atoms with Crippen LogP contribution in [0.25, 0.3) is 0 Å². The fraction of sp³-hybridized carbons (Fsp3) is 0.609. The minimum Gasteiger partial charge on any atom is -0.480 e. The molecular formula is C23H32ClN3O2S2. The van der Waals surface area contributed by atoms with Gasteiger partial charge in [-0.3, -0.25) is 4.79 Å². The molecule has 1 aliphatic carbocycles. The molecule has 0 bridgehead atoms. The molecule has 0 aromatic carbocycles. The van der Waals surface area contributed by atoms with E-state index in [0.29, 0.717) is 12.0 Å². The molecule has 170 valence electrons. The number of carbonyl (C=O) groups is 1. The second-order valence-electron chi connectivity index (χ2n) is 8.24. The van der Waals surface area contributed by atoms with Gasteiger partial charge in [-0.25, -0.2) is 4.98 Å². The Balaban J connectivity index is 2.01. The van der Waals surface area contributed by atoms with E-state index < -0.39 is 10.7 Å². The first kappa shape index (κ1) is 25.8. The maximum Gasteiger partial charge on any atom is 0.319 e. The maximum absolute atomic E-state index is 11.4. The summed E-state index contributed by atoms with van der Waals surface area (Å²) >= 11 is 9.20. The third-order valence-electron chi connectivity index (χ3n) is 5.27. The number of thiazole rings is 1.